The Morgan fingerprint density at radius 3 is 2.97 bits per heavy atom. The molecule has 4 aromatic rings. The average Bonchev–Trinajstić information content (AvgIpc) is 3.43. The van der Waals surface area contributed by atoms with Crippen LogP contribution in [0.4, 0.5) is 5.69 Å². The van der Waals surface area contributed by atoms with Gasteiger partial charge in [-0.05, 0) is 48.7 Å². The molecule has 5 rings (SSSR count). The number of nitrogens with zero attached hydrogens (tertiary/aromatic N) is 2. The summed E-state index contributed by atoms with van der Waals surface area (Å²) in [7, 11) is 1.57. The minimum atomic E-state index is -0.773. The number of aromatic amines is 1. The number of carboxylic acid groups (broad SMARTS) is 1. The van der Waals surface area contributed by atoms with Crippen molar-refractivity contribution < 1.29 is 19.2 Å². The van der Waals surface area contributed by atoms with Crippen LogP contribution in [0.15, 0.2) is 40.9 Å². The van der Waals surface area contributed by atoms with Gasteiger partial charge in [0.1, 0.15) is 5.75 Å². The Labute approximate surface area is 171 Å². The number of nitrogens with two attached hydrogens (primary N) is 1. The highest BCUT2D eigenvalue weighted by Crippen LogP contribution is 2.40. The molecule has 0 fully saturated rings. The number of nitrogens with one attached hydrogen (secondary N) is 1. The molecule has 0 radical (unpaired) electrons. The molecule has 1 aliphatic carbocycles. The molecule has 0 saturated carbocycles. The number of rotatable bonds is 5. The normalized spacial score (nSPS) is 15.4. The van der Waals surface area contributed by atoms with Gasteiger partial charge >= 0.3 is 5.97 Å². The number of methoxy groups -OCH3 is 1. The van der Waals surface area contributed by atoms with E-state index in [1.54, 1.807) is 25.3 Å². The van der Waals surface area contributed by atoms with Gasteiger partial charge in [0.15, 0.2) is 0 Å². The predicted molar refractivity (Wildman–Crippen MR) is 111 cm³/mol. The van der Waals surface area contributed by atoms with E-state index in [1.807, 2.05) is 18.2 Å². The molecule has 2 aromatic heterocycles. The van der Waals surface area contributed by atoms with Gasteiger partial charge in [-0.15, -0.1) is 0 Å². The van der Waals surface area contributed by atoms with Gasteiger partial charge in [-0.2, -0.15) is 4.98 Å². The monoisotopic (exact) mass is 404 g/mol. The quantitative estimate of drug-likeness (QED) is 0.429. The lowest BCUT2D eigenvalue weighted by molar-refractivity contribution is -0.137. The maximum Gasteiger partial charge on any atom is 0.304 e. The molecule has 0 amide bonds. The number of benzene rings is 2. The summed E-state index contributed by atoms with van der Waals surface area (Å²) >= 11 is 0. The van der Waals surface area contributed by atoms with Gasteiger partial charge in [0.2, 0.25) is 5.82 Å². The second-order valence-electron chi connectivity index (χ2n) is 7.53. The Morgan fingerprint density at radius 2 is 2.17 bits per heavy atom. The highest BCUT2D eigenvalue weighted by atomic mass is 16.5. The van der Waals surface area contributed by atoms with Crippen LogP contribution >= 0.6 is 0 Å². The first-order valence-electron chi connectivity index (χ1n) is 9.67. The number of aliphatic carboxylic acids is 1. The van der Waals surface area contributed by atoms with Crippen molar-refractivity contribution in [3.05, 3.63) is 47.7 Å². The van der Waals surface area contributed by atoms with Gasteiger partial charge in [0.05, 0.1) is 13.5 Å². The number of carboxylic acids is 1. The minimum absolute atomic E-state index is 0.0312. The highest BCUT2D eigenvalue weighted by Gasteiger charge is 2.28. The molecular formula is C22H20N4O4. The number of aromatic nitrogens is 3. The first-order chi connectivity index (χ1) is 14.5. The summed E-state index contributed by atoms with van der Waals surface area (Å²) in [5.74, 6) is 0.707. The van der Waals surface area contributed by atoms with E-state index in [0.29, 0.717) is 28.7 Å². The van der Waals surface area contributed by atoms with Crippen molar-refractivity contribution in [3.63, 3.8) is 0 Å². The Hall–Kier alpha value is -3.81. The van der Waals surface area contributed by atoms with Gasteiger partial charge < -0.3 is 25.1 Å². The summed E-state index contributed by atoms with van der Waals surface area (Å²) in [5.41, 5.74) is 11.2. The number of hydrogen-bond acceptors (Lipinski definition) is 6. The predicted octanol–water partition coefficient (Wildman–Crippen LogP) is 3.98. The Bertz CT molecular complexity index is 1270. The Balaban J connectivity index is 1.51. The number of ether oxygens (including phenoxy) is 1. The lowest BCUT2D eigenvalue weighted by Crippen LogP contribution is -2.03. The summed E-state index contributed by atoms with van der Waals surface area (Å²) < 4.78 is 10.7. The van der Waals surface area contributed by atoms with Gasteiger partial charge in [-0.25, -0.2) is 0 Å². The van der Waals surface area contributed by atoms with Gasteiger partial charge in [-0.3, -0.25) is 4.79 Å². The zero-order chi connectivity index (χ0) is 20.8. The fraction of sp³-hybridized carbons (Fsp3) is 0.227. The van der Waals surface area contributed by atoms with Crippen molar-refractivity contribution in [2.75, 3.05) is 12.8 Å². The van der Waals surface area contributed by atoms with E-state index in [-0.39, 0.29) is 12.3 Å². The summed E-state index contributed by atoms with van der Waals surface area (Å²) in [6.07, 6.45) is 1.85. The largest absolute Gasteiger partial charge is 0.497 e. The average molecular weight is 404 g/mol. The summed E-state index contributed by atoms with van der Waals surface area (Å²) in [6, 6.07) is 11.2. The van der Waals surface area contributed by atoms with Gasteiger partial charge in [-0.1, -0.05) is 5.16 Å². The number of anilines is 1. The first-order valence-corrected chi connectivity index (χ1v) is 9.67. The van der Waals surface area contributed by atoms with Crippen LogP contribution in [-0.2, 0) is 11.2 Å². The summed E-state index contributed by atoms with van der Waals surface area (Å²) in [6.45, 7) is 0. The van der Waals surface area contributed by atoms with E-state index in [9.17, 15) is 4.79 Å². The molecule has 4 N–H and O–H groups in total. The molecule has 0 saturated heterocycles. The van der Waals surface area contributed by atoms with E-state index >= 15 is 0 Å². The van der Waals surface area contributed by atoms with E-state index < -0.39 is 5.97 Å². The fourth-order valence-corrected chi connectivity index (χ4v) is 4.22. The van der Waals surface area contributed by atoms with Crippen LogP contribution in [0.25, 0.3) is 33.7 Å². The topological polar surface area (TPSA) is 127 Å². The maximum absolute atomic E-state index is 11.1. The third-order valence-corrected chi connectivity index (χ3v) is 5.61. The van der Waals surface area contributed by atoms with E-state index in [2.05, 4.69) is 15.1 Å². The molecule has 1 unspecified atom stereocenters. The number of hydrogen-bond donors (Lipinski definition) is 3. The third kappa shape index (κ3) is 3.06. The second-order valence-corrected chi connectivity index (χ2v) is 7.53. The van der Waals surface area contributed by atoms with E-state index in [0.717, 1.165) is 35.0 Å². The zero-order valence-electron chi connectivity index (χ0n) is 16.3. The number of carbonyl (C=O) groups is 1. The molecule has 8 nitrogen and oxygen atoms in total. The third-order valence-electron chi connectivity index (χ3n) is 5.61. The van der Waals surface area contributed by atoms with Crippen molar-refractivity contribution in [3.8, 4) is 28.6 Å². The maximum atomic E-state index is 11.1. The molecule has 0 aliphatic heterocycles. The molecule has 30 heavy (non-hydrogen) atoms. The fourth-order valence-electron chi connectivity index (χ4n) is 4.22. The van der Waals surface area contributed by atoms with Gasteiger partial charge in [0.25, 0.3) is 5.89 Å². The van der Waals surface area contributed by atoms with Crippen LogP contribution in [0.3, 0.4) is 0 Å². The van der Waals surface area contributed by atoms with Crippen molar-refractivity contribution in [1.29, 1.82) is 0 Å². The number of nitrogen functional groups attached to an aromatic ring is 1. The van der Waals surface area contributed by atoms with Crippen molar-refractivity contribution in [2.45, 2.75) is 25.2 Å². The van der Waals surface area contributed by atoms with E-state index in [4.69, 9.17) is 20.1 Å². The molecule has 1 aliphatic rings. The van der Waals surface area contributed by atoms with Crippen LogP contribution in [0.2, 0.25) is 0 Å². The molecular weight excluding hydrogens is 384 g/mol. The molecule has 8 heteroatoms. The number of H-pyrrole nitrogens is 1. The Kier molecular flexibility index (Phi) is 4.20. The lowest BCUT2D eigenvalue weighted by atomic mass is 10.0. The molecule has 0 spiro atoms. The second kappa shape index (κ2) is 6.91. The smallest absolute Gasteiger partial charge is 0.304 e. The van der Waals surface area contributed by atoms with Crippen molar-refractivity contribution in [2.24, 2.45) is 0 Å². The highest BCUT2D eigenvalue weighted by molar-refractivity contribution is 5.89. The number of aryl methyl sites for hydroxylation is 1. The first kappa shape index (κ1) is 18.2. The van der Waals surface area contributed by atoms with Crippen molar-refractivity contribution >= 4 is 22.6 Å². The lowest BCUT2D eigenvalue weighted by Gasteiger charge is -2.05. The Morgan fingerprint density at radius 1 is 1.30 bits per heavy atom. The van der Waals surface area contributed by atoms with Crippen LogP contribution in [0.5, 0.6) is 5.75 Å². The molecule has 2 heterocycles. The standard InChI is InChI=1S/C22H20N4O4/c1-29-15-7-13(6-14(23)10-15)22-25-21(26-30-22)12-3-5-18-17(8-12)16-4-2-11(9-19(27)28)20(16)24-18/h3,5-8,10-11,24H,2,4,9,23H2,1H3,(H,27,28). The van der Waals surface area contributed by atoms with Crippen LogP contribution in [0.1, 0.15) is 30.0 Å². The zero-order valence-corrected chi connectivity index (χ0v) is 16.3. The molecule has 1 atom stereocenters. The minimum Gasteiger partial charge on any atom is -0.497 e. The van der Waals surface area contributed by atoms with E-state index in [1.165, 1.54) is 5.56 Å². The van der Waals surface area contributed by atoms with Gasteiger partial charge in [0, 0.05) is 45.4 Å². The van der Waals surface area contributed by atoms with Crippen LogP contribution in [0, 0.1) is 0 Å². The van der Waals surface area contributed by atoms with Crippen LogP contribution in [-0.4, -0.2) is 33.3 Å². The molecule has 0 bridgehead atoms. The van der Waals surface area contributed by atoms with Crippen LogP contribution < -0.4 is 10.5 Å². The van der Waals surface area contributed by atoms with Crippen molar-refractivity contribution in [1.82, 2.24) is 15.1 Å². The SMILES string of the molecule is COc1cc(N)cc(-c2nc(-c3ccc4[nH]c5c(c4c3)CCC5CC(=O)O)no2)c1. The molecule has 152 valence electrons. The molecule has 2 aromatic carbocycles. The summed E-state index contributed by atoms with van der Waals surface area (Å²) in [5, 5.41) is 14.4. The number of fused-ring (bicyclic) bond motifs is 3. The summed E-state index contributed by atoms with van der Waals surface area (Å²) in [4.78, 5) is 19.1.